The molecule has 1 aromatic rings. The zero-order chi connectivity index (χ0) is 28.4. The van der Waals surface area contributed by atoms with Gasteiger partial charge in [0.15, 0.2) is 6.23 Å². The van der Waals surface area contributed by atoms with Crippen molar-refractivity contribution < 1.29 is 32.0 Å². The number of hydrogen-bond donors (Lipinski definition) is 1. The third-order valence-corrected chi connectivity index (χ3v) is 17.8. The molecule has 11 nitrogen and oxygen atoms in total. The summed E-state index contributed by atoms with van der Waals surface area (Å²) in [5.41, 5.74) is -0.641. The summed E-state index contributed by atoms with van der Waals surface area (Å²) in [5, 5.41) is 0. The fraction of sp³-hybridized carbons (Fsp3) is 0.800. The van der Waals surface area contributed by atoms with Crippen molar-refractivity contribution in [3.05, 3.63) is 33.1 Å². The van der Waals surface area contributed by atoms with E-state index in [1.54, 1.807) is 0 Å². The number of nitrogens with one attached hydrogen (secondary N) is 1. The molecule has 3 heterocycles. The summed E-state index contributed by atoms with van der Waals surface area (Å²) in [6.45, 7) is 17.3. The lowest BCUT2D eigenvalue weighted by Crippen LogP contribution is -2.66. The van der Waals surface area contributed by atoms with Gasteiger partial charge in [0.25, 0.3) is 5.56 Å². The lowest BCUT2D eigenvalue weighted by Gasteiger charge is -2.51. The van der Waals surface area contributed by atoms with Crippen LogP contribution in [0.2, 0.25) is 22.2 Å². The number of rotatable bonds is 9. The van der Waals surface area contributed by atoms with Crippen molar-refractivity contribution in [2.24, 2.45) is 0 Å². The van der Waals surface area contributed by atoms with Gasteiger partial charge in [-0.05, 0) is 22.2 Å². The SMILES string of the molecule is COC(=O)CCOC1[C@H]2O[Si](C(C)C)(C(C)C)O[Si](C(C)C)(C(C)C)OC[C@@H]2O[C@H]1n1ccc(=O)[nH]c1=O. The minimum atomic E-state index is -2.99. The van der Waals surface area contributed by atoms with Crippen LogP contribution in [0.1, 0.15) is 68.0 Å². The minimum Gasteiger partial charge on any atom is -0.469 e. The molecule has 0 aliphatic carbocycles. The van der Waals surface area contributed by atoms with Gasteiger partial charge in [-0.2, -0.15) is 0 Å². The predicted octanol–water partition coefficient (Wildman–Crippen LogP) is 3.34. The van der Waals surface area contributed by atoms with Gasteiger partial charge in [-0.25, -0.2) is 4.79 Å². The number of carbonyl (C=O) groups is 1. The number of carbonyl (C=O) groups excluding carboxylic acids is 1. The summed E-state index contributed by atoms with van der Waals surface area (Å²) in [7, 11) is -4.46. The Balaban J connectivity index is 2.11. The van der Waals surface area contributed by atoms with E-state index in [2.05, 4.69) is 60.4 Å². The van der Waals surface area contributed by atoms with E-state index in [1.165, 1.54) is 23.9 Å². The largest absolute Gasteiger partial charge is 0.469 e. The second kappa shape index (κ2) is 12.3. The molecule has 0 radical (unpaired) electrons. The molecule has 38 heavy (non-hydrogen) atoms. The number of aromatic amines is 1. The van der Waals surface area contributed by atoms with Gasteiger partial charge in [0, 0.05) is 12.3 Å². The van der Waals surface area contributed by atoms with Crippen LogP contribution < -0.4 is 11.2 Å². The Hall–Kier alpha value is -1.62. The molecule has 0 amide bonds. The number of ether oxygens (including phenoxy) is 3. The lowest BCUT2D eigenvalue weighted by atomic mass is 10.1. The zero-order valence-electron chi connectivity index (χ0n) is 24.0. The smallest absolute Gasteiger partial charge is 0.335 e. The van der Waals surface area contributed by atoms with E-state index in [-0.39, 0.29) is 41.8 Å². The summed E-state index contributed by atoms with van der Waals surface area (Å²) >= 11 is 0. The van der Waals surface area contributed by atoms with Gasteiger partial charge in [0.1, 0.15) is 18.3 Å². The van der Waals surface area contributed by atoms with E-state index in [4.69, 9.17) is 27.2 Å². The van der Waals surface area contributed by atoms with Crippen molar-refractivity contribution in [1.82, 2.24) is 9.55 Å². The van der Waals surface area contributed by atoms with Gasteiger partial charge in [0.2, 0.25) is 0 Å². The second-order valence-electron chi connectivity index (χ2n) is 11.3. The number of H-pyrrole nitrogens is 1. The van der Waals surface area contributed by atoms with E-state index in [0.717, 1.165) is 0 Å². The first-order chi connectivity index (χ1) is 17.8. The highest BCUT2D eigenvalue weighted by atomic mass is 28.5. The van der Waals surface area contributed by atoms with Crippen molar-refractivity contribution in [2.75, 3.05) is 20.3 Å². The average molecular weight is 573 g/mol. The molecule has 3 rings (SSSR count). The first-order valence-electron chi connectivity index (χ1n) is 13.5. The van der Waals surface area contributed by atoms with Crippen molar-refractivity contribution in [2.45, 2.75) is 109 Å². The van der Waals surface area contributed by atoms with Crippen LogP contribution in [-0.4, -0.2) is 71.3 Å². The third-order valence-electron chi connectivity index (χ3n) is 7.59. The Morgan fingerprint density at radius 1 is 1.05 bits per heavy atom. The summed E-state index contributed by atoms with van der Waals surface area (Å²) in [6, 6.07) is 1.26. The highest BCUT2D eigenvalue weighted by Gasteiger charge is 2.62. The van der Waals surface area contributed by atoms with E-state index >= 15 is 0 Å². The van der Waals surface area contributed by atoms with Crippen LogP contribution in [-0.2, 0) is 32.0 Å². The van der Waals surface area contributed by atoms with Crippen LogP contribution in [0.4, 0.5) is 0 Å². The average Bonchev–Trinajstić information content (AvgIpc) is 3.14. The quantitative estimate of drug-likeness (QED) is 0.350. The molecule has 0 saturated carbocycles. The maximum atomic E-state index is 12.8. The van der Waals surface area contributed by atoms with Crippen molar-refractivity contribution >= 4 is 23.1 Å². The topological polar surface area (TPSA) is 127 Å². The predicted molar refractivity (Wildman–Crippen MR) is 145 cm³/mol. The molecule has 4 atom stereocenters. The molecule has 2 aliphatic heterocycles. The molecule has 0 bridgehead atoms. The highest BCUT2D eigenvalue weighted by molar-refractivity contribution is 6.84. The number of nitrogens with zero attached hydrogens (tertiary/aromatic N) is 1. The summed E-state index contributed by atoms with van der Waals surface area (Å²) in [4.78, 5) is 38.6. The van der Waals surface area contributed by atoms with Crippen LogP contribution in [0.3, 0.4) is 0 Å². The Morgan fingerprint density at radius 3 is 2.18 bits per heavy atom. The van der Waals surface area contributed by atoms with Crippen LogP contribution in [0.15, 0.2) is 21.9 Å². The van der Waals surface area contributed by atoms with Gasteiger partial charge < -0.3 is 27.2 Å². The second-order valence-corrected chi connectivity index (χ2v) is 20.1. The van der Waals surface area contributed by atoms with Gasteiger partial charge in [-0.3, -0.25) is 19.1 Å². The maximum absolute atomic E-state index is 12.8. The van der Waals surface area contributed by atoms with Gasteiger partial charge in [-0.1, -0.05) is 55.4 Å². The maximum Gasteiger partial charge on any atom is 0.335 e. The van der Waals surface area contributed by atoms with E-state index in [0.29, 0.717) is 0 Å². The number of fused-ring (bicyclic) bond motifs is 1. The number of methoxy groups -OCH3 is 1. The van der Waals surface area contributed by atoms with Gasteiger partial charge in [0.05, 0.1) is 26.7 Å². The minimum absolute atomic E-state index is 0.0261. The van der Waals surface area contributed by atoms with E-state index in [1.807, 2.05) is 0 Å². The standard InChI is InChI=1S/C25H44N2O9Si2/c1-15(2)37(16(3)4)33-14-19-22(35-38(36-37,17(5)6)18(7)8)23(32-13-11-21(29)31-9)24(34-19)27-12-10-20(28)26-25(27)30/h10,12,15-19,22-24H,11,13-14H2,1-9H3,(H,26,28,30)/t19-,22-,23?,24+/m0/s1. The number of esters is 1. The van der Waals surface area contributed by atoms with Crippen molar-refractivity contribution in [1.29, 1.82) is 0 Å². The van der Waals surface area contributed by atoms with Gasteiger partial charge in [-0.15, -0.1) is 0 Å². The van der Waals surface area contributed by atoms with Crippen LogP contribution in [0.5, 0.6) is 0 Å². The fourth-order valence-corrected chi connectivity index (χ4v) is 16.7. The fourth-order valence-electron chi connectivity index (χ4n) is 5.53. The molecule has 2 aliphatic rings. The summed E-state index contributed by atoms with van der Waals surface area (Å²) in [6.07, 6.45) is -1.45. The summed E-state index contributed by atoms with van der Waals surface area (Å²) in [5.74, 6) is -0.416. The van der Waals surface area contributed by atoms with Crippen LogP contribution in [0, 0.1) is 0 Å². The molecule has 0 aromatic carbocycles. The molecular formula is C25H44N2O9Si2. The summed E-state index contributed by atoms with van der Waals surface area (Å²) < 4.78 is 39.8. The Morgan fingerprint density at radius 2 is 1.66 bits per heavy atom. The molecule has 2 fully saturated rings. The number of aromatic nitrogens is 2. The monoisotopic (exact) mass is 572 g/mol. The van der Waals surface area contributed by atoms with Gasteiger partial charge >= 0.3 is 28.8 Å². The third kappa shape index (κ3) is 5.93. The first kappa shape index (κ1) is 30.9. The normalized spacial score (nSPS) is 27.0. The molecule has 13 heteroatoms. The van der Waals surface area contributed by atoms with Crippen LogP contribution in [0.25, 0.3) is 0 Å². The molecule has 216 valence electrons. The Labute approximate surface area is 226 Å². The molecule has 2 saturated heterocycles. The lowest BCUT2D eigenvalue weighted by molar-refractivity contribution is -0.143. The molecule has 0 spiro atoms. The highest BCUT2D eigenvalue weighted by Crippen LogP contribution is 2.48. The molecule has 1 unspecified atom stereocenters. The molecule has 1 aromatic heterocycles. The zero-order valence-corrected chi connectivity index (χ0v) is 26.0. The molecule has 1 N–H and O–H groups in total. The van der Waals surface area contributed by atoms with Crippen molar-refractivity contribution in [3.8, 4) is 0 Å². The first-order valence-corrected chi connectivity index (χ1v) is 17.4. The molecular weight excluding hydrogens is 528 g/mol. The van der Waals surface area contributed by atoms with E-state index in [9.17, 15) is 14.4 Å². The van der Waals surface area contributed by atoms with E-state index < -0.39 is 58.9 Å². The van der Waals surface area contributed by atoms with Crippen molar-refractivity contribution in [3.63, 3.8) is 0 Å². The number of hydrogen-bond acceptors (Lipinski definition) is 9. The Bertz CT molecular complexity index is 1060. The Kier molecular flexibility index (Phi) is 9.99. The van der Waals surface area contributed by atoms with Crippen LogP contribution >= 0.6 is 0 Å².